The zero-order chi connectivity index (χ0) is 26.6. The van der Waals surface area contributed by atoms with Crippen LogP contribution in [-0.4, -0.2) is 44.6 Å². The number of hydrogen-bond donors (Lipinski definition) is 0. The summed E-state index contributed by atoms with van der Waals surface area (Å²) in [4.78, 5) is 13.1. The molecule has 0 aliphatic carbocycles. The first-order valence-corrected chi connectivity index (χ1v) is 14.4. The maximum Gasteiger partial charge on any atom is 0.246 e. The van der Waals surface area contributed by atoms with Gasteiger partial charge in [-0.2, -0.15) is 10.1 Å². The summed E-state index contributed by atoms with van der Waals surface area (Å²) in [6.45, 7) is 8.63. The molecule has 194 valence electrons. The molecule has 0 N–H and O–H groups in total. The number of sulfonamides is 1. The SMILES string of the molecule is CCC1(C)CC(=O)N(COc2ccc3ccccc3c2)N=C1c1ccc2c(c1)C(C)(C)CN2S(C)(=O)=O. The van der Waals surface area contributed by atoms with Crippen molar-refractivity contribution in [3.63, 3.8) is 0 Å². The van der Waals surface area contributed by atoms with Crippen molar-refractivity contribution >= 4 is 38.1 Å². The van der Waals surface area contributed by atoms with Crippen molar-refractivity contribution in [2.45, 2.75) is 46.0 Å². The minimum atomic E-state index is -3.38. The van der Waals surface area contributed by atoms with Gasteiger partial charge in [-0.05, 0) is 52.6 Å². The average Bonchev–Trinajstić information content (AvgIpc) is 3.14. The molecule has 1 unspecified atom stereocenters. The maximum absolute atomic E-state index is 13.1. The fraction of sp³-hybridized carbons (Fsp3) is 0.379. The van der Waals surface area contributed by atoms with Crippen molar-refractivity contribution in [3.05, 3.63) is 71.8 Å². The van der Waals surface area contributed by atoms with E-state index >= 15 is 0 Å². The number of ether oxygens (including phenoxy) is 1. The molecule has 0 radical (unpaired) electrons. The monoisotopic (exact) mass is 519 g/mol. The Bertz CT molecular complexity index is 1530. The molecule has 2 aliphatic heterocycles. The lowest BCUT2D eigenvalue weighted by molar-refractivity contribution is -0.137. The van der Waals surface area contributed by atoms with Gasteiger partial charge in [-0.15, -0.1) is 0 Å². The van der Waals surface area contributed by atoms with E-state index in [4.69, 9.17) is 9.84 Å². The Morgan fingerprint density at radius 3 is 2.43 bits per heavy atom. The molecule has 3 aromatic carbocycles. The van der Waals surface area contributed by atoms with Crippen LogP contribution in [0.25, 0.3) is 10.8 Å². The van der Waals surface area contributed by atoms with Gasteiger partial charge in [0.1, 0.15) is 5.75 Å². The van der Waals surface area contributed by atoms with Gasteiger partial charge in [-0.25, -0.2) is 8.42 Å². The normalized spacial score (nSPS) is 21.2. The Kier molecular flexibility index (Phi) is 6.06. The third-order valence-corrected chi connectivity index (χ3v) is 8.81. The van der Waals surface area contributed by atoms with Crippen LogP contribution in [0.2, 0.25) is 0 Å². The fourth-order valence-corrected chi connectivity index (χ4v) is 6.34. The third-order valence-electron chi connectivity index (χ3n) is 7.68. The van der Waals surface area contributed by atoms with Crippen molar-refractivity contribution < 1.29 is 17.9 Å². The maximum atomic E-state index is 13.1. The summed E-state index contributed by atoms with van der Waals surface area (Å²) < 4.78 is 32.3. The lowest BCUT2D eigenvalue weighted by Gasteiger charge is -2.37. The van der Waals surface area contributed by atoms with Crippen LogP contribution >= 0.6 is 0 Å². The van der Waals surface area contributed by atoms with E-state index in [2.05, 4.69) is 27.7 Å². The van der Waals surface area contributed by atoms with Crippen LogP contribution in [0.3, 0.4) is 0 Å². The molecule has 0 fully saturated rings. The van der Waals surface area contributed by atoms with Gasteiger partial charge in [-0.3, -0.25) is 9.10 Å². The Morgan fingerprint density at radius 1 is 1.00 bits per heavy atom. The predicted molar refractivity (Wildman–Crippen MR) is 147 cm³/mol. The number of hydrogen-bond acceptors (Lipinski definition) is 5. The molecule has 2 heterocycles. The predicted octanol–water partition coefficient (Wildman–Crippen LogP) is 5.29. The van der Waals surface area contributed by atoms with Gasteiger partial charge in [0, 0.05) is 23.8 Å². The second-order valence-corrected chi connectivity index (χ2v) is 12.9. The topological polar surface area (TPSA) is 79.3 Å². The van der Waals surface area contributed by atoms with Gasteiger partial charge in [-0.1, -0.05) is 64.1 Å². The van der Waals surface area contributed by atoms with Crippen LogP contribution in [-0.2, 0) is 20.2 Å². The van der Waals surface area contributed by atoms with Gasteiger partial charge in [0.2, 0.25) is 15.9 Å². The first-order chi connectivity index (χ1) is 17.4. The molecule has 2 aliphatic rings. The van der Waals surface area contributed by atoms with E-state index < -0.39 is 15.4 Å². The number of benzene rings is 3. The van der Waals surface area contributed by atoms with E-state index in [0.717, 1.165) is 34.0 Å². The number of rotatable bonds is 6. The van der Waals surface area contributed by atoms with Crippen LogP contribution in [0, 0.1) is 5.41 Å². The molecule has 3 aromatic rings. The molecule has 8 heteroatoms. The first kappa shape index (κ1) is 25.3. The van der Waals surface area contributed by atoms with Crippen LogP contribution in [0.15, 0.2) is 65.8 Å². The summed E-state index contributed by atoms with van der Waals surface area (Å²) in [5.41, 5.74) is 2.60. The summed E-state index contributed by atoms with van der Waals surface area (Å²) in [6.07, 6.45) is 2.30. The lowest BCUT2D eigenvalue weighted by atomic mass is 9.74. The lowest BCUT2D eigenvalue weighted by Crippen LogP contribution is -2.44. The van der Waals surface area contributed by atoms with Gasteiger partial charge < -0.3 is 4.74 Å². The Labute approximate surface area is 218 Å². The number of carbonyl (C=O) groups is 1. The van der Waals surface area contributed by atoms with E-state index in [1.165, 1.54) is 15.6 Å². The van der Waals surface area contributed by atoms with Crippen LogP contribution in [0.4, 0.5) is 5.69 Å². The second kappa shape index (κ2) is 8.87. The van der Waals surface area contributed by atoms with Crippen molar-refractivity contribution in [1.82, 2.24) is 5.01 Å². The van der Waals surface area contributed by atoms with Crippen molar-refractivity contribution in [2.24, 2.45) is 10.5 Å². The van der Waals surface area contributed by atoms with E-state index in [1.54, 1.807) is 0 Å². The van der Waals surface area contributed by atoms with Crippen molar-refractivity contribution in [2.75, 3.05) is 23.8 Å². The Hall–Kier alpha value is -3.39. The highest BCUT2D eigenvalue weighted by atomic mass is 32.2. The molecule has 7 nitrogen and oxygen atoms in total. The molecule has 1 atom stereocenters. The van der Waals surface area contributed by atoms with Crippen LogP contribution in [0.1, 0.15) is 51.7 Å². The Balaban J connectivity index is 1.48. The molecule has 1 amide bonds. The summed E-state index contributed by atoms with van der Waals surface area (Å²) in [5.74, 6) is 0.589. The van der Waals surface area contributed by atoms with E-state index in [0.29, 0.717) is 24.4 Å². The minimum Gasteiger partial charge on any atom is -0.471 e. The largest absolute Gasteiger partial charge is 0.471 e. The standard InChI is InChI=1S/C29H33N3O4S/c1-6-29(4)17-26(33)31(19-36-23-13-11-20-9-7-8-10-21(20)15-23)30-27(29)22-12-14-25-24(16-22)28(2,3)18-32(25)37(5,34)35/h7-16H,6,17-19H2,1-5H3. The molecule has 0 saturated heterocycles. The molecular formula is C29H33N3O4S. The van der Waals surface area contributed by atoms with Crippen molar-refractivity contribution in [1.29, 1.82) is 0 Å². The zero-order valence-corrected chi connectivity index (χ0v) is 22.8. The van der Waals surface area contributed by atoms with Gasteiger partial charge >= 0.3 is 0 Å². The number of hydrazone groups is 1. The van der Waals surface area contributed by atoms with Gasteiger partial charge in [0.15, 0.2) is 6.73 Å². The number of fused-ring (bicyclic) bond motifs is 2. The summed E-state index contributed by atoms with van der Waals surface area (Å²) in [7, 11) is -3.38. The summed E-state index contributed by atoms with van der Waals surface area (Å²) in [5, 5.41) is 8.41. The number of anilines is 1. The quantitative estimate of drug-likeness (QED) is 0.444. The smallest absolute Gasteiger partial charge is 0.246 e. The molecule has 5 rings (SSSR count). The Morgan fingerprint density at radius 2 is 1.73 bits per heavy atom. The van der Waals surface area contributed by atoms with E-state index in [9.17, 15) is 13.2 Å². The molecular weight excluding hydrogens is 486 g/mol. The minimum absolute atomic E-state index is 0.0127. The van der Waals surface area contributed by atoms with Gasteiger partial charge in [0.05, 0.1) is 17.7 Å². The molecule has 0 bridgehead atoms. The fourth-order valence-electron chi connectivity index (χ4n) is 5.27. The van der Waals surface area contributed by atoms with Crippen LogP contribution < -0.4 is 9.04 Å². The highest BCUT2D eigenvalue weighted by molar-refractivity contribution is 7.92. The van der Waals surface area contributed by atoms with E-state index in [-0.39, 0.29) is 18.1 Å². The number of nitrogens with zero attached hydrogens (tertiary/aromatic N) is 3. The molecule has 37 heavy (non-hydrogen) atoms. The number of carbonyl (C=O) groups excluding carboxylic acids is 1. The highest BCUT2D eigenvalue weighted by Crippen LogP contribution is 2.44. The number of amides is 1. The van der Waals surface area contributed by atoms with Crippen LogP contribution in [0.5, 0.6) is 5.75 Å². The zero-order valence-electron chi connectivity index (χ0n) is 22.0. The highest BCUT2D eigenvalue weighted by Gasteiger charge is 2.42. The molecule has 0 aromatic heterocycles. The second-order valence-electron chi connectivity index (χ2n) is 11.0. The molecule has 0 saturated carbocycles. The van der Waals surface area contributed by atoms with Crippen molar-refractivity contribution in [3.8, 4) is 5.75 Å². The summed E-state index contributed by atoms with van der Waals surface area (Å²) in [6, 6.07) is 19.7. The van der Waals surface area contributed by atoms with E-state index in [1.807, 2.05) is 60.7 Å². The summed E-state index contributed by atoms with van der Waals surface area (Å²) >= 11 is 0. The van der Waals surface area contributed by atoms with Gasteiger partial charge in [0.25, 0.3) is 0 Å². The average molecular weight is 520 g/mol. The molecule has 0 spiro atoms. The first-order valence-electron chi connectivity index (χ1n) is 12.5. The third kappa shape index (κ3) is 4.59.